The van der Waals surface area contributed by atoms with Crippen LogP contribution in [0.3, 0.4) is 0 Å². The van der Waals surface area contributed by atoms with Gasteiger partial charge in [0.2, 0.25) is 5.89 Å². The monoisotopic (exact) mass is 148 g/mol. The molecule has 0 aromatic carbocycles. The van der Waals surface area contributed by atoms with Crippen LogP contribution < -0.4 is 5.73 Å². The van der Waals surface area contributed by atoms with Crippen molar-refractivity contribution in [2.45, 2.75) is 13.5 Å². The number of halogens is 1. The summed E-state index contributed by atoms with van der Waals surface area (Å²) >= 11 is 0. The quantitative estimate of drug-likeness (QED) is 0.643. The molecular formula is C5H9ClN2O. The van der Waals surface area contributed by atoms with Crippen LogP contribution >= 0.6 is 12.4 Å². The van der Waals surface area contributed by atoms with Gasteiger partial charge in [0, 0.05) is 0 Å². The van der Waals surface area contributed by atoms with Crippen LogP contribution in [0.5, 0.6) is 0 Å². The van der Waals surface area contributed by atoms with Crippen LogP contribution in [0.1, 0.15) is 11.6 Å². The highest BCUT2D eigenvalue weighted by molar-refractivity contribution is 5.85. The highest BCUT2D eigenvalue weighted by atomic mass is 35.5. The summed E-state index contributed by atoms with van der Waals surface area (Å²) in [7, 11) is 0. The van der Waals surface area contributed by atoms with Crippen molar-refractivity contribution in [3.63, 3.8) is 0 Å². The number of aromatic nitrogens is 1. The minimum atomic E-state index is 0. The van der Waals surface area contributed by atoms with Crippen LogP contribution in [0.4, 0.5) is 0 Å². The van der Waals surface area contributed by atoms with E-state index in [-0.39, 0.29) is 12.4 Å². The number of oxazole rings is 1. The zero-order valence-electron chi connectivity index (χ0n) is 5.13. The molecule has 0 unspecified atom stereocenters. The van der Waals surface area contributed by atoms with Gasteiger partial charge in [0.05, 0.1) is 12.2 Å². The topological polar surface area (TPSA) is 52.0 Å². The van der Waals surface area contributed by atoms with E-state index in [2.05, 4.69) is 4.98 Å². The molecule has 0 bridgehead atoms. The molecule has 1 aromatic heterocycles. The number of hydrogen-bond acceptors (Lipinski definition) is 3. The molecule has 1 aromatic rings. The van der Waals surface area contributed by atoms with E-state index in [9.17, 15) is 0 Å². The Balaban J connectivity index is 0.000000640. The Morgan fingerprint density at radius 1 is 1.78 bits per heavy atom. The van der Waals surface area contributed by atoms with Gasteiger partial charge in [-0.3, -0.25) is 0 Å². The lowest BCUT2D eigenvalue weighted by atomic mass is 10.6. The number of nitrogens with zero attached hydrogens (tertiary/aromatic N) is 1. The van der Waals surface area contributed by atoms with Gasteiger partial charge in [-0.25, -0.2) is 4.98 Å². The third-order valence-corrected chi connectivity index (χ3v) is 0.841. The number of rotatable bonds is 1. The first-order valence-corrected chi connectivity index (χ1v) is 2.44. The third kappa shape index (κ3) is 2.03. The van der Waals surface area contributed by atoms with Crippen molar-refractivity contribution in [3.05, 3.63) is 17.8 Å². The van der Waals surface area contributed by atoms with Crippen molar-refractivity contribution < 1.29 is 4.42 Å². The minimum absolute atomic E-state index is 0. The molecule has 3 nitrogen and oxygen atoms in total. The number of aryl methyl sites for hydroxylation is 1. The SMILES string of the molecule is Cc1coc(CN)n1.Cl. The van der Waals surface area contributed by atoms with Gasteiger partial charge in [-0.2, -0.15) is 0 Å². The molecule has 2 N–H and O–H groups in total. The molecule has 0 aliphatic rings. The normalized spacial score (nSPS) is 8.67. The molecule has 0 atom stereocenters. The first kappa shape index (κ1) is 8.46. The molecule has 1 heterocycles. The molecule has 0 saturated heterocycles. The lowest BCUT2D eigenvalue weighted by Crippen LogP contribution is -1.95. The molecule has 9 heavy (non-hydrogen) atoms. The van der Waals surface area contributed by atoms with Crippen molar-refractivity contribution in [3.8, 4) is 0 Å². The Morgan fingerprint density at radius 2 is 2.44 bits per heavy atom. The van der Waals surface area contributed by atoms with Crippen molar-refractivity contribution >= 4 is 12.4 Å². The zero-order chi connectivity index (χ0) is 5.98. The summed E-state index contributed by atoms with van der Waals surface area (Å²) in [5.41, 5.74) is 6.09. The zero-order valence-corrected chi connectivity index (χ0v) is 5.94. The largest absolute Gasteiger partial charge is 0.447 e. The van der Waals surface area contributed by atoms with Gasteiger partial charge in [-0.05, 0) is 6.92 Å². The number of nitrogens with two attached hydrogens (primary N) is 1. The Morgan fingerprint density at radius 3 is 2.67 bits per heavy atom. The molecule has 0 amide bonds. The molecule has 0 radical (unpaired) electrons. The predicted molar refractivity (Wildman–Crippen MR) is 36.4 cm³/mol. The smallest absolute Gasteiger partial charge is 0.207 e. The van der Waals surface area contributed by atoms with Gasteiger partial charge in [0.25, 0.3) is 0 Å². The maximum absolute atomic E-state index is 5.21. The summed E-state index contributed by atoms with van der Waals surface area (Å²) in [5, 5.41) is 0. The summed E-state index contributed by atoms with van der Waals surface area (Å²) in [6, 6.07) is 0. The van der Waals surface area contributed by atoms with Crippen LogP contribution in [0.15, 0.2) is 10.7 Å². The lowest BCUT2D eigenvalue weighted by Gasteiger charge is -1.79. The Bertz CT molecular complexity index is 175. The van der Waals surface area contributed by atoms with Gasteiger partial charge in [0.15, 0.2) is 0 Å². The van der Waals surface area contributed by atoms with Crippen LogP contribution in [0.2, 0.25) is 0 Å². The maximum Gasteiger partial charge on any atom is 0.207 e. The fraction of sp³-hybridized carbons (Fsp3) is 0.400. The van der Waals surface area contributed by atoms with Crippen molar-refractivity contribution in [2.24, 2.45) is 5.73 Å². The molecule has 0 aliphatic heterocycles. The van der Waals surface area contributed by atoms with Crippen LogP contribution in [0, 0.1) is 6.92 Å². The minimum Gasteiger partial charge on any atom is -0.447 e. The average molecular weight is 149 g/mol. The first-order chi connectivity index (χ1) is 3.83. The summed E-state index contributed by atoms with van der Waals surface area (Å²) < 4.78 is 4.88. The van der Waals surface area contributed by atoms with E-state index in [0.717, 1.165) is 5.69 Å². The lowest BCUT2D eigenvalue weighted by molar-refractivity contribution is 0.497. The molecule has 52 valence electrons. The Labute approximate surface area is 59.7 Å². The van der Waals surface area contributed by atoms with E-state index in [1.54, 1.807) is 6.26 Å². The van der Waals surface area contributed by atoms with Crippen LogP contribution in [-0.2, 0) is 6.54 Å². The fourth-order valence-electron chi connectivity index (χ4n) is 0.496. The number of hydrogen-bond donors (Lipinski definition) is 1. The van der Waals surface area contributed by atoms with E-state index >= 15 is 0 Å². The molecule has 0 aliphatic carbocycles. The first-order valence-electron chi connectivity index (χ1n) is 2.44. The van der Waals surface area contributed by atoms with E-state index in [1.807, 2.05) is 6.92 Å². The second-order valence-corrected chi connectivity index (χ2v) is 1.59. The van der Waals surface area contributed by atoms with Gasteiger partial charge in [0.1, 0.15) is 6.26 Å². The van der Waals surface area contributed by atoms with E-state index < -0.39 is 0 Å². The van der Waals surface area contributed by atoms with Gasteiger partial charge >= 0.3 is 0 Å². The summed E-state index contributed by atoms with van der Waals surface area (Å²) in [4.78, 5) is 3.94. The molecule has 0 spiro atoms. The molecule has 1 rings (SSSR count). The summed E-state index contributed by atoms with van der Waals surface area (Å²) in [6.07, 6.45) is 1.59. The van der Waals surface area contributed by atoms with Gasteiger partial charge in [-0.1, -0.05) is 0 Å². The third-order valence-electron chi connectivity index (χ3n) is 0.841. The van der Waals surface area contributed by atoms with Crippen molar-refractivity contribution in [2.75, 3.05) is 0 Å². The van der Waals surface area contributed by atoms with Crippen LogP contribution in [0.25, 0.3) is 0 Å². The predicted octanol–water partition coefficient (Wildman–Crippen LogP) is 0.864. The molecule has 4 heteroatoms. The standard InChI is InChI=1S/C5H8N2O.ClH/c1-4-3-8-5(2-6)7-4;/h3H,2,6H2,1H3;1H. The average Bonchev–Trinajstić information content (AvgIpc) is 2.14. The molecule has 0 saturated carbocycles. The second-order valence-electron chi connectivity index (χ2n) is 1.59. The summed E-state index contributed by atoms with van der Waals surface area (Å²) in [5.74, 6) is 0.600. The maximum atomic E-state index is 5.21. The molecular weight excluding hydrogens is 140 g/mol. The summed E-state index contributed by atoms with van der Waals surface area (Å²) in [6.45, 7) is 2.25. The highest BCUT2D eigenvalue weighted by Gasteiger charge is 1.93. The Hall–Kier alpha value is -0.540. The van der Waals surface area contributed by atoms with Gasteiger partial charge in [-0.15, -0.1) is 12.4 Å². The molecule has 0 fully saturated rings. The van der Waals surface area contributed by atoms with Crippen LogP contribution in [-0.4, -0.2) is 4.98 Å². The van der Waals surface area contributed by atoms with E-state index in [4.69, 9.17) is 10.2 Å². The van der Waals surface area contributed by atoms with Crippen molar-refractivity contribution in [1.82, 2.24) is 4.98 Å². The van der Waals surface area contributed by atoms with Gasteiger partial charge < -0.3 is 10.2 Å². The van der Waals surface area contributed by atoms with Crippen molar-refractivity contribution in [1.29, 1.82) is 0 Å². The Kier molecular flexibility index (Phi) is 3.27. The second kappa shape index (κ2) is 3.48. The fourth-order valence-corrected chi connectivity index (χ4v) is 0.496. The van der Waals surface area contributed by atoms with E-state index in [0.29, 0.717) is 12.4 Å². The highest BCUT2D eigenvalue weighted by Crippen LogP contribution is 1.96. The van der Waals surface area contributed by atoms with E-state index in [1.165, 1.54) is 0 Å².